The van der Waals surface area contributed by atoms with Gasteiger partial charge in [-0.15, -0.1) is 0 Å². The van der Waals surface area contributed by atoms with E-state index in [0.29, 0.717) is 23.6 Å². The molecule has 1 unspecified atom stereocenters. The zero-order valence-corrected chi connectivity index (χ0v) is 16.7. The monoisotopic (exact) mass is 377 g/mol. The van der Waals surface area contributed by atoms with Gasteiger partial charge < -0.3 is 19.5 Å². The molecule has 28 heavy (non-hydrogen) atoms. The second-order valence-electron chi connectivity index (χ2n) is 8.01. The Hall–Kier alpha value is -2.11. The van der Waals surface area contributed by atoms with E-state index in [-0.39, 0.29) is 5.92 Å². The molecule has 0 aromatic heterocycles. The second-order valence-corrected chi connectivity index (χ2v) is 8.01. The maximum absolute atomic E-state index is 11.6. The number of ether oxygens (including phenoxy) is 1. The van der Waals surface area contributed by atoms with E-state index in [1.54, 1.807) is 24.3 Å². The van der Waals surface area contributed by atoms with Crippen LogP contribution in [0.4, 0.5) is 0 Å². The highest BCUT2D eigenvalue weighted by molar-refractivity contribution is 6.62. The number of likely N-dealkylation sites (N-methyl/N-ethyl adjacent to an activating group) is 1. The molecule has 1 aliphatic carbocycles. The molecule has 0 bridgehead atoms. The molecule has 2 radical (unpaired) electrons. The largest absolute Gasteiger partial charge is 0.457 e. The van der Waals surface area contributed by atoms with Crippen LogP contribution in [0.2, 0.25) is 0 Å². The zero-order valence-electron chi connectivity index (χ0n) is 16.7. The number of aliphatic hydroxyl groups is 1. The Morgan fingerprint density at radius 3 is 2.07 bits per heavy atom. The number of carbonyl (C=O) groups excluding carboxylic acids is 1. The van der Waals surface area contributed by atoms with Gasteiger partial charge in [0.25, 0.3) is 0 Å². The predicted octanol–water partition coefficient (Wildman–Crippen LogP) is 4.12. The number of carbonyl (C=O) groups is 1. The number of hydrogen-bond donors (Lipinski definition) is 1. The first-order chi connectivity index (χ1) is 13.4. The molecule has 1 N–H and O–H groups in total. The molecular formula is C23H28BNO3. The minimum Gasteiger partial charge on any atom is -0.457 e. The molecule has 5 heteroatoms. The molecule has 1 fully saturated rings. The van der Waals surface area contributed by atoms with E-state index in [0.717, 1.165) is 18.4 Å². The number of rotatable bonds is 7. The summed E-state index contributed by atoms with van der Waals surface area (Å²) < 4.78 is 5.86. The van der Waals surface area contributed by atoms with Crippen molar-refractivity contribution in [2.24, 2.45) is 5.92 Å². The van der Waals surface area contributed by atoms with Gasteiger partial charge in [-0.25, -0.2) is 0 Å². The van der Waals surface area contributed by atoms with Gasteiger partial charge in [-0.1, -0.05) is 31.4 Å². The number of nitrogens with zero attached hydrogens (tertiary/aromatic N) is 1. The molecule has 1 atom stereocenters. The van der Waals surface area contributed by atoms with Crippen molar-refractivity contribution >= 4 is 13.5 Å². The Labute approximate surface area is 168 Å². The van der Waals surface area contributed by atoms with Crippen LogP contribution in [0.15, 0.2) is 48.5 Å². The highest BCUT2D eigenvalue weighted by atomic mass is 16.5. The van der Waals surface area contributed by atoms with E-state index >= 15 is 0 Å². The Morgan fingerprint density at radius 1 is 1.04 bits per heavy atom. The molecule has 2 aromatic carbocycles. The number of hydrogen-bond acceptors (Lipinski definition) is 4. The summed E-state index contributed by atoms with van der Waals surface area (Å²) in [4.78, 5) is 13.2. The molecule has 1 aliphatic rings. The van der Waals surface area contributed by atoms with E-state index in [1.165, 1.54) is 19.3 Å². The summed E-state index contributed by atoms with van der Waals surface area (Å²) in [7, 11) is 9.26. The van der Waals surface area contributed by atoms with Gasteiger partial charge in [0.1, 0.15) is 22.8 Å². The third kappa shape index (κ3) is 4.84. The third-order valence-electron chi connectivity index (χ3n) is 5.57. The van der Waals surface area contributed by atoms with Gasteiger partial charge in [0.15, 0.2) is 7.85 Å². The van der Waals surface area contributed by atoms with Crippen LogP contribution in [0.3, 0.4) is 0 Å². The molecule has 146 valence electrons. The van der Waals surface area contributed by atoms with Crippen molar-refractivity contribution in [3.63, 3.8) is 0 Å². The van der Waals surface area contributed by atoms with Gasteiger partial charge in [0.2, 0.25) is 0 Å². The van der Waals surface area contributed by atoms with Crippen molar-refractivity contribution < 1.29 is 14.6 Å². The van der Waals surface area contributed by atoms with E-state index in [2.05, 4.69) is 4.90 Å². The minimum atomic E-state index is -0.856. The Kier molecular flexibility index (Phi) is 6.58. The molecule has 0 heterocycles. The smallest absolute Gasteiger partial charge is 0.175 e. The minimum absolute atomic E-state index is 0.275. The quantitative estimate of drug-likeness (QED) is 0.738. The Morgan fingerprint density at radius 2 is 1.57 bits per heavy atom. The van der Waals surface area contributed by atoms with Crippen molar-refractivity contribution in [3.05, 3.63) is 59.7 Å². The van der Waals surface area contributed by atoms with Crippen molar-refractivity contribution in [1.29, 1.82) is 0 Å². The van der Waals surface area contributed by atoms with E-state index in [9.17, 15) is 9.90 Å². The second kappa shape index (κ2) is 8.93. The highest BCUT2D eigenvalue weighted by Gasteiger charge is 2.39. The third-order valence-corrected chi connectivity index (χ3v) is 5.57. The molecule has 2 aromatic rings. The van der Waals surface area contributed by atoms with Crippen LogP contribution in [-0.4, -0.2) is 44.2 Å². The average Bonchev–Trinajstić information content (AvgIpc) is 2.69. The highest BCUT2D eigenvalue weighted by Crippen LogP contribution is 2.40. The normalized spacial score (nSPS) is 17.3. The lowest BCUT2D eigenvalue weighted by Crippen LogP contribution is -2.44. The fourth-order valence-electron chi connectivity index (χ4n) is 4.15. The van der Waals surface area contributed by atoms with Crippen molar-refractivity contribution in [1.82, 2.24) is 4.90 Å². The van der Waals surface area contributed by atoms with Gasteiger partial charge in [0, 0.05) is 12.1 Å². The first-order valence-corrected chi connectivity index (χ1v) is 9.94. The first-order valence-electron chi connectivity index (χ1n) is 9.94. The molecule has 1 saturated carbocycles. The number of benzene rings is 2. The molecule has 4 nitrogen and oxygen atoms in total. The van der Waals surface area contributed by atoms with E-state index in [4.69, 9.17) is 12.6 Å². The summed E-state index contributed by atoms with van der Waals surface area (Å²) >= 11 is 0. The van der Waals surface area contributed by atoms with Crippen molar-refractivity contribution in [2.75, 3.05) is 20.6 Å². The first kappa shape index (κ1) is 20.6. The van der Waals surface area contributed by atoms with Crippen LogP contribution >= 0.6 is 0 Å². The van der Waals surface area contributed by atoms with Gasteiger partial charge in [-0.2, -0.15) is 0 Å². The summed E-state index contributed by atoms with van der Waals surface area (Å²) in [5.41, 5.74) is 0.0678. The average molecular weight is 377 g/mol. The Balaban J connectivity index is 1.77. The Bertz CT molecular complexity index is 782. The van der Waals surface area contributed by atoms with Gasteiger partial charge in [-0.05, 0) is 74.8 Å². The summed E-state index contributed by atoms with van der Waals surface area (Å²) in [6.07, 6.45) is 5.76. The molecular weight excluding hydrogens is 349 g/mol. The van der Waals surface area contributed by atoms with Crippen LogP contribution in [0.5, 0.6) is 11.5 Å². The van der Waals surface area contributed by atoms with Crippen molar-refractivity contribution in [3.8, 4) is 11.5 Å². The zero-order chi connectivity index (χ0) is 20.1. The lowest BCUT2D eigenvalue weighted by atomic mass is 9.73. The molecule has 0 amide bonds. The van der Waals surface area contributed by atoms with Crippen LogP contribution < -0.4 is 4.74 Å². The van der Waals surface area contributed by atoms with Gasteiger partial charge >= 0.3 is 0 Å². The van der Waals surface area contributed by atoms with Gasteiger partial charge in [0.05, 0.1) is 0 Å². The summed E-state index contributed by atoms with van der Waals surface area (Å²) in [6, 6.07) is 14.4. The topological polar surface area (TPSA) is 49.8 Å². The molecule has 0 spiro atoms. The van der Waals surface area contributed by atoms with Crippen LogP contribution in [0, 0.1) is 5.92 Å². The van der Waals surface area contributed by atoms with Gasteiger partial charge in [-0.3, -0.25) is 0 Å². The summed E-state index contributed by atoms with van der Waals surface area (Å²) in [6.45, 7) is 0.604. The van der Waals surface area contributed by atoms with Crippen LogP contribution in [-0.2, 0) is 5.60 Å². The summed E-state index contributed by atoms with van der Waals surface area (Å²) in [5.74, 6) is 1.59. The SMILES string of the molecule is [B]C(=O)c1ccc(Oc2ccc(C(O)(CN(C)C)C3CCCCC3)cc2)cc1. The van der Waals surface area contributed by atoms with Crippen molar-refractivity contribution in [2.45, 2.75) is 37.7 Å². The predicted molar refractivity (Wildman–Crippen MR) is 112 cm³/mol. The lowest BCUT2D eigenvalue weighted by Gasteiger charge is -2.40. The van der Waals surface area contributed by atoms with E-state index < -0.39 is 11.3 Å². The van der Waals surface area contributed by atoms with Crippen LogP contribution in [0.1, 0.15) is 48.0 Å². The fraction of sp³-hybridized carbons (Fsp3) is 0.435. The lowest BCUT2D eigenvalue weighted by molar-refractivity contribution is -0.0559. The maximum atomic E-state index is 11.6. The molecule has 0 saturated heterocycles. The fourth-order valence-corrected chi connectivity index (χ4v) is 4.15. The summed E-state index contributed by atoms with van der Waals surface area (Å²) in [5, 5.41) is 11.6. The van der Waals surface area contributed by atoms with E-state index in [1.807, 2.05) is 38.4 Å². The van der Waals surface area contributed by atoms with Crippen LogP contribution in [0.25, 0.3) is 0 Å². The molecule has 3 rings (SSSR count). The molecule has 0 aliphatic heterocycles. The standard InChI is InChI=1S/C23H28BNO3/c1-25(2)16-23(27,18-6-4-3-5-7-18)19-10-14-21(15-11-19)28-20-12-8-17(9-13-20)22(24)26/h8-15,18,27H,3-7,16H2,1-2H3. The maximum Gasteiger partial charge on any atom is 0.175 e.